The summed E-state index contributed by atoms with van der Waals surface area (Å²) in [6.07, 6.45) is 1.80. The third-order valence-corrected chi connectivity index (χ3v) is 2.35. The van der Waals surface area contributed by atoms with Crippen LogP contribution in [0.2, 0.25) is 0 Å². The van der Waals surface area contributed by atoms with Crippen LogP contribution in [-0.4, -0.2) is 11.1 Å². The quantitative estimate of drug-likeness (QED) is 0.844. The fraction of sp³-hybridized carbons (Fsp3) is 0.154. The molecule has 0 amide bonds. The van der Waals surface area contributed by atoms with Crippen molar-refractivity contribution in [2.24, 2.45) is 0 Å². The molecule has 0 atom stereocenters. The minimum absolute atomic E-state index is 0.0392. The standard InChI is InChI=1S/C13H14N2O/c16-13-8-4-5-10-15(13)11-9-14-12-6-2-1-3-7-12/h1-8,10,14H,9,11H2. The molecule has 0 radical (unpaired) electrons. The van der Waals surface area contributed by atoms with Gasteiger partial charge in [-0.3, -0.25) is 4.79 Å². The Morgan fingerprint density at radius 2 is 1.75 bits per heavy atom. The van der Waals surface area contributed by atoms with Gasteiger partial charge in [-0.2, -0.15) is 0 Å². The normalized spacial score (nSPS) is 10.0. The third kappa shape index (κ3) is 2.73. The lowest BCUT2D eigenvalue weighted by Gasteiger charge is -2.07. The Morgan fingerprint density at radius 1 is 1.00 bits per heavy atom. The fourth-order valence-corrected chi connectivity index (χ4v) is 1.52. The van der Waals surface area contributed by atoms with Crippen LogP contribution in [-0.2, 0) is 6.54 Å². The molecule has 0 unspecified atom stereocenters. The van der Waals surface area contributed by atoms with Gasteiger partial charge in [-0.05, 0) is 18.2 Å². The maximum atomic E-state index is 11.4. The first kappa shape index (κ1) is 10.5. The minimum Gasteiger partial charge on any atom is -0.383 e. The van der Waals surface area contributed by atoms with E-state index in [0.29, 0.717) is 6.54 Å². The van der Waals surface area contributed by atoms with Gasteiger partial charge in [0.15, 0.2) is 0 Å². The second-order valence-corrected chi connectivity index (χ2v) is 3.53. The van der Waals surface area contributed by atoms with Crippen molar-refractivity contribution in [2.75, 3.05) is 11.9 Å². The molecule has 0 spiro atoms. The van der Waals surface area contributed by atoms with Crippen molar-refractivity contribution in [2.45, 2.75) is 6.54 Å². The maximum Gasteiger partial charge on any atom is 0.250 e. The van der Waals surface area contributed by atoms with E-state index in [1.807, 2.05) is 36.4 Å². The number of hydrogen-bond acceptors (Lipinski definition) is 2. The molecule has 82 valence electrons. The topological polar surface area (TPSA) is 34.0 Å². The van der Waals surface area contributed by atoms with Crippen LogP contribution in [0.25, 0.3) is 0 Å². The number of anilines is 1. The lowest BCUT2D eigenvalue weighted by atomic mass is 10.3. The fourth-order valence-electron chi connectivity index (χ4n) is 1.52. The van der Waals surface area contributed by atoms with Crippen LogP contribution in [0.5, 0.6) is 0 Å². The van der Waals surface area contributed by atoms with Crippen LogP contribution in [0.4, 0.5) is 5.69 Å². The van der Waals surface area contributed by atoms with Crippen LogP contribution in [0.15, 0.2) is 59.5 Å². The largest absolute Gasteiger partial charge is 0.383 e. The second kappa shape index (κ2) is 5.16. The highest BCUT2D eigenvalue weighted by atomic mass is 16.1. The average molecular weight is 214 g/mol. The van der Waals surface area contributed by atoms with Gasteiger partial charge in [0.05, 0.1) is 0 Å². The van der Waals surface area contributed by atoms with Gasteiger partial charge >= 0.3 is 0 Å². The summed E-state index contributed by atoms with van der Waals surface area (Å²) in [5.41, 5.74) is 1.11. The highest BCUT2D eigenvalue weighted by molar-refractivity contribution is 5.42. The van der Waals surface area contributed by atoms with E-state index < -0.39 is 0 Å². The Labute approximate surface area is 94.4 Å². The SMILES string of the molecule is O=c1ccccn1CCNc1ccccc1. The van der Waals surface area contributed by atoms with Gasteiger partial charge in [0.25, 0.3) is 5.56 Å². The van der Waals surface area contributed by atoms with E-state index in [1.54, 1.807) is 22.9 Å². The molecular weight excluding hydrogens is 200 g/mol. The Balaban J connectivity index is 1.90. The summed E-state index contributed by atoms with van der Waals surface area (Å²) >= 11 is 0. The first-order chi connectivity index (χ1) is 7.86. The molecule has 0 fully saturated rings. The molecule has 3 nitrogen and oxygen atoms in total. The summed E-state index contributed by atoms with van der Waals surface area (Å²) in [4.78, 5) is 11.4. The molecule has 0 aliphatic rings. The molecule has 1 heterocycles. The van der Waals surface area contributed by atoms with Gasteiger partial charge in [-0.25, -0.2) is 0 Å². The Hall–Kier alpha value is -2.03. The van der Waals surface area contributed by atoms with E-state index in [2.05, 4.69) is 5.32 Å². The third-order valence-electron chi connectivity index (χ3n) is 2.35. The highest BCUT2D eigenvalue weighted by Crippen LogP contribution is 2.03. The number of para-hydroxylation sites is 1. The molecule has 1 aromatic heterocycles. The van der Waals surface area contributed by atoms with Crippen molar-refractivity contribution >= 4 is 5.69 Å². The molecule has 0 bridgehead atoms. The van der Waals surface area contributed by atoms with Gasteiger partial charge in [0.2, 0.25) is 0 Å². The van der Waals surface area contributed by atoms with E-state index >= 15 is 0 Å². The molecule has 1 N–H and O–H groups in total. The number of nitrogens with zero attached hydrogens (tertiary/aromatic N) is 1. The van der Waals surface area contributed by atoms with Crippen LogP contribution in [0, 0.1) is 0 Å². The van der Waals surface area contributed by atoms with E-state index in [0.717, 1.165) is 12.2 Å². The number of aromatic nitrogens is 1. The van der Waals surface area contributed by atoms with Crippen molar-refractivity contribution in [3.63, 3.8) is 0 Å². The second-order valence-electron chi connectivity index (χ2n) is 3.53. The zero-order valence-electron chi connectivity index (χ0n) is 8.97. The lowest BCUT2D eigenvalue weighted by Crippen LogP contribution is -2.21. The van der Waals surface area contributed by atoms with Crippen molar-refractivity contribution < 1.29 is 0 Å². The first-order valence-electron chi connectivity index (χ1n) is 5.31. The van der Waals surface area contributed by atoms with Crippen LogP contribution < -0.4 is 10.9 Å². The average Bonchev–Trinajstić information content (AvgIpc) is 2.33. The van der Waals surface area contributed by atoms with Crippen molar-refractivity contribution in [1.82, 2.24) is 4.57 Å². The maximum absolute atomic E-state index is 11.4. The molecule has 0 aliphatic heterocycles. The van der Waals surface area contributed by atoms with Crippen LogP contribution in [0.3, 0.4) is 0 Å². The van der Waals surface area contributed by atoms with E-state index in [4.69, 9.17) is 0 Å². The summed E-state index contributed by atoms with van der Waals surface area (Å²) in [5.74, 6) is 0. The van der Waals surface area contributed by atoms with Gasteiger partial charge < -0.3 is 9.88 Å². The Morgan fingerprint density at radius 3 is 2.50 bits per heavy atom. The number of benzene rings is 1. The monoisotopic (exact) mass is 214 g/mol. The van der Waals surface area contributed by atoms with Crippen molar-refractivity contribution in [1.29, 1.82) is 0 Å². The number of pyridine rings is 1. The smallest absolute Gasteiger partial charge is 0.250 e. The van der Waals surface area contributed by atoms with E-state index in [-0.39, 0.29) is 5.56 Å². The van der Waals surface area contributed by atoms with E-state index in [9.17, 15) is 4.79 Å². The molecule has 2 aromatic rings. The number of hydrogen-bond donors (Lipinski definition) is 1. The summed E-state index contributed by atoms with van der Waals surface area (Å²) in [7, 11) is 0. The van der Waals surface area contributed by atoms with Gasteiger partial charge in [0.1, 0.15) is 0 Å². The molecule has 2 rings (SSSR count). The van der Waals surface area contributed by atoms with Crippen LogP contribution in [0.1, 0.15) is 0 Å². The van der Waals surface area contributed by atoms with Crippen molar-refractivity contribution in [3.8, 4) is 0 Å². The minimum atomic E-state index is 0.0392. The number of nitrogens with one attached hydrogen (secondary N) is 1. The molecule has 1 aromatic carbocycles. The summed E-state index contributed by atoms with van der Waals surface area (Å²) in [6.45, 7) is 1.42. The summed E-state index contributed by atoms with van der Waals surface area (Å²) < 4.78 is 1.69. The van der Waals surface area contributed by atoms with Gasteiger partial charge in [-0.15, -0.1) is 0 Å². The van der Waals surface area contributed by atoms with Crippen LogP contribution >= 0.6 is 0 Å². The van der Waals surface area contributed by atoms with Gasteiger partial charge in [0, 0.05) is 31.0 Å². The zero-order chi connectivity index (χ0) is 11.2. The predicted molar refractivity (Wildman–Crippen MR) is 65.6 cm³/mol. The molecule has 0 saturated carbocycles. The zero-order valence-corrected chi connectivity index (χ0v) is 8.97. The molecule has 3 heteroatoms. The molecule has 0 saturated heterocycles. The summed E-state index contributed by atoms with van der Waals surface area (Å²) in [5, 5.41) is 3.26. The molecule has 0 aliphatic carbocycles. The first-order valence-corrected chi connectivity index (χ1v) is 5.31. The molecular formula is C13H14N2O. The lowest BCUT2D eigenvalue weighted by molar-refractivity contribution is 0.697. The molecule has 16 heavy (non-hydrogen) atoms. The predicted octanol–water partition coefficient (Wildman–Crippen LogP) is 1.96. The van der Waals surface area contributed by atoms with E-state index in [1.165, 1.54) is 0 Å². The Bertz CT molecular complexity index is 491. The van der Waals surface area contributed by atoms with Crippen molar-refractivity contribution in [3.05, 3.63) is 65.1 Å². The Kier molecular flexibility index (Phi) is 3.38. The highest BCUT2D eigenvalue weighted by Gasteiger charge is 1.93. The number of rotatable bonds is 4. The van der Waals surface area contributed by atoms with Gasteiger partial charge in [-0.1, -0.05) is 24.3 Å². The summed E-state index contributed by atoms with van der Waals surface area (Å²) in [6, 6.07) is 15.2.